The summed E-state index contributed by atoms with van der Waals surface area (Å²) < 4.78 is 3.11. The summed E-state index contributed by atoms with van der Waals surface area (Å²) in [7, 11) is 0. The van der Waals surface area contributed by atoms with E-state index in [9.17, 15) is 9.59 Å². The maximum Gasteiger partial charge on any atom is 0.317 e. The number of hydrogen-bond acceptors (Lipinski definition) is 2. The molecule has 0 unspecified atom stereocenters. The lowest BCUT2D eigenvalue weighted by Gasteiger charge is -2.25. The van der Waals surface area contributed by atoms with E-state index in [-0.39, 0.29) is 0 Å². The van der Waals surface area contributed by atoms with E-state index in [2.05, 4.69) is 13.2 Å². The second kappa shape index (κ2) is 4.58. The van der Waals surface area contributed by atoms with Crippen molar-refractivity contribution < 1.29 is 0 Å². The molecule has 21 heavy (non-hydrogen) atoms. The van der Waals surface area contributed by atoms with E-state index in [4.69, 9.17) is 0 Å². The van der Waals surface area contributed by atoms with Crippen molar-refractivity contribution in [2.75, 3.05) is 0 Å². The Morgan fingerprint density at radius 3 is 2.67 bits per heavy atom. The number of benzene rings is 1. The molecule has 0 atom stereocenters. The number of rotatable bonds is 2. The molecule has 0 radical (unpaired) electrons. The second-order valence-electron chi connectivity index (χ2n) is 5.58. The first-order chi connectivity index (χ1) is 9.97. The van der Waals surface area contributed by atoms with Crippen LogP contribution < -0.4 is 11.1 Å². The third-order valence-electron chi connectivity index (χ3n) is 4.34. The zero-order valence-electron chi connectivity index (χ0n) is 12.4. The predicted octanol–water partition coefficient (Wildman–Crippen LogP) is 2.38. The Hall–Kier alpha value is -2.36. The molecule has 0 N–H and O–H groups in total. The normalized spacial score (nSPS) is 13.7. The number of nitrogens with zero attached hydrogens (tertiary/aromatic N) is 2. The summed E-state index contributed by atoms with van der Waals surface area (Å²) >= 11 is 0. The van der Waals surface area contributed by atoms with Gasteiger partial charge in [-0.15, -0.1) is 6.58 Å². The average Bonchev–Trinajstić information content (AvgIpc) is 2.46. The van der Waals surface area contributed by atoms with Crippen molar-refractivity contribution in [1.29, 1.82) is 0 Å². The zero-order valence-corrected chi connectivity index (χ0v) is 12.4. The van der Waals surface area contributed by atoms with Crippen molar-refractivity contribution in [3.63, 3.8) is 0 Å². The Morgan fingerprint density at radius 2 is 2.00 bits per heavy atom. The summed E-state index contributed by atoms with van der Waals surface area (Å²) in [6.07, 6.45) is 2.34. The molecule has 1 aromatic carbocycles. The van der Waals surface area contributed by atoms with Gasteiger partial charge in [-0.25, -0.2) is 0 Å². The van der Waals surface area contributed by atoms with Gasteiger partial charge in [0, 0.05) is 18.7 Å². The molecule has 0 spiro atoms. The summed E-state index contributed by atoms with van der Waals surface area (Å²) in [5.41, 5.74) is 4.97. The van der Waals surface area contributed by atoms with Gasteiger partial charge < -0.3 is 4.57 Å². The third-order valence-corrected chi connectivity index (χ3v) is 4.34. The van der Waals surface area contributed by atoms with E-state index < -0.39 is 11.1 Å². The van der Waals surface area contributed by atoms with Crippen LogP contribution >= 0.6 is 0 Å². The molecular weight excluding hydrogens is 264 g/mol. The minimum atomic E-state index is -0.482. The van der Waals surface area contributed by atoms with Gasteiger partial charge in [-0.2, -0.15) is 0 Å². The lowest BCUT2D eigenvalue weighted by atomic mass is 9.91. The molecule has 1 aromatic heterocycles. The van der Waals surface area contributed by atoms with Crippen LogP contribution in [0.1, 0.15) is 23.1 Å². The van der Waals surface area contributed by atoms with E-state index in [1.165, 1.54) is 4.57 Å². The molecule has 4 nitrogen and oxygen atoms in total. The largest absolute Gasteiger partial charge is 0.317 e. The second-order valence-corrected chi connectivity index (χ2v) is 5.58. The molecule has 0 fully saturated rings. The molecule has 0 amide bonds. The van der Waals surface area contributed by atoms with Crippen LogP contribution in [0.4, 0.5) is 0 Å². The molecule has 108 valence electrons. The fraction of sp³-hybridized carbons (Fsp3) is 0.294. The van der Waals surface area contributed by atoms with Gasteiger partial charge in [0.15, 0.2) is 0 Å². The van der Waals surface area contributed by atoms with Crippen LogP contribution in [0.3, 0.4) is 0 Å². The topological polar surface area (TPSA) is 44.0 Å². The smallest absolute Gasteiger partial charge is 0.301 e. The van der Waals surface area contributed by atoms with Crippen molar-refractivity contribution in [3.8, 4) is 0 Å². The van der Waals surface area contributed by atoms with Gasteiger partial charge in [0.25, 0.3) is 0 Å². The van der Waals surface area contributed by atoms with Gasteiger partial charge in [-0.3, -0.25) is 14.2 Å². The van der Waals surface area contributed by atoms with Crippen LogP contribution in [-0.4, -0.2) is 9.13 Å². The zero-order chi connectivity index (χ0) is 15.3. The molecule has 3 rings (SSSR count). The third kappa shape index (κ3) is 1.75. The molecule has 0 saturated carbocycles. The van der Waals surface area contributed by atoms with E-state index in [0.717, 1.165) is 33.3 Å². The standard InChI is InChI=1S/C17H18N2O2/c1-5-7-18-13-9-11(3)12(4)14-10(2)6-8-19(15(13)14)17(21)16(18)20/h5,9H,1-2,6-8H2,3-4H3. The molecule has 4 heteroatoms. The monoisotopic (exact) mass is 282 g/mol. The molecule has 0 saturated heterocycles. The first-order valence-electron chi connectivity index (χ1n) is 7.04. The van der Waals surface area contributed by atoms with E-state index in [1.807, 2.05) is 19.9 Å². The maximum atomic E-state index is 12.4. The van der Waals surface area contributed by atoms with Crippen molar-refractivity contribution in [2.45, 2.75) is 33.4 Å². The summed E-state index contributed by atoms with van der Waals surface area (Å²) in [5, 5.41) is 0. The highest BCUT2D eigenvalue weighted by atomic mass is 16.2. The number of aromatic nitrogens is 2. The van der Waals surface area contributed by atoms with Crippen molar-refractivity contribution >= 4 is 16.6 Å². The summed E-state index contributed by atoms with van der Waals surface area (Å²) in [6.45, 7) is 12.7. The average molecular weight is 282 g/mol. The molecule has 0 bridgehead atoms. The Labute approximate surface area is 122 Å². The predicted molar refractivity (Wildman–Crippen MR) is 85.8 cm³/mol. The Balaban J connectivity index is 2.66. The molecule has 2 heterocycles. The van der Waals surface area contributed by atoms with Crippen molar-refractivity contribution in [2.24, 2.45) is 0 Å². The van der Waals surface area contributed by atoms with Crippen LogP contribution in [-0.2, 0) is 13.1 Å². The molecular formula is C17H18N2O2. The SMILES string of the molecule is C=CCn1c(=O)c(=O)n2c3c(c(C)c(C)cc31)C(=C)CC2. The van der Waals surface area contributed by atoms with Crippen LogP contribution in [0.25, 0.3) is 16.6 Å². The van der Waals surface area contributed by atoms with Crippen LogP contribution in [0.2, 0.25) is 0 Å². The fourth-order valence-electron chi connectivity index (χ4n) is 3.13. The number of aryl methyl sites for hydroxylation is 2. The highest BCUT2D eigenvalue weighted by Gasteiger charge is 2.23. The van der Waals surface area contributed by atoms with Gasteiger partial charge in [0.05, 0.1) is 11.0 Å². The van der Waals surface area contributed by atoms with Gasteiger partial charge in [0.2, 0.25) is 0 Å². The summed E-state index contributed by atoms with van der Waals surface area (Å²) in [6, 6.07) is 1.98. The Bertz CT molecular complexity index is 913. The van der Waals surface area contributed by atoms with Crippen LogP contribution in [0.5, 0.6) is 0 Å². The van der Waals surface area contributed by atoms with Gasteiger partial charge in [0.1, 0.15) is 0 Å². The van der Waals surface area contributed by atoms with E-state index in [1.54, 1.807) is 10.6 Å². The minimum Gasteiger partial charge on any atom is -0.301 e. The first kappa shape index (κ1) is 13.6. The minimum absolute atomic E-state index is 0.333. The first-order valence-corrected chi connectivity index (χ1v) is 7.04. The highest BCUT2D eigenvalue weighted by Crippen LogP contribution is 2.34. The Morgan fingerprint density at radius 1 is 1.29 bits per heavy atom. The van der Waals surface area contributed by atoms with Gasteiger partial charge in [-0.1, -0.05) is 12.7 Å². The number of hydrogen-bond donors (Lipinski definition) is 0. The molecule has 2 aromatic rings. The van der Waals surface area contributed by atoms with Gasteiger partial charge >= 0.3 is 11.1 Å². The summed E-state index contributed by atoms with van der Waals surface area (Å²) in [4.78, 5) is 24.7. The molecule has 1 aliphatic heterocycles. The van der Waals surface area contributed by atoms with Crippen LogP contribution in [0, 0.1) is 13.8 Å². The highest BCUT2D eigenvalue weighted by molar-refractivity contribution is 5.92. The lowest BCUT2D eigenvalue weighted by molar-refractivity contribution is 0.663. The van der Waals surface area contributed by atoms with Crippen molar-refractivity contribution in [3.05, 3.63) is 62.7 Å². The van der Waals surface area contributed by atoms with Gasteiger partial charge in [-0.05, 0) is 43.0 Å². The quantitative estimate of drug-likeness (QED) is 0.627. The molecule has 1 aliphatic rings. The van der Waals surface area contributed by atoms with Crippen molar-refractivity contribution in [1.82, 2.24) is 9.13 Å². The van der Waals surface area contributed by atoms with E-state index in [0.29, 0.717) is 19.5 Å². The summed E-state index contributed by atoms with van der Waals surface area (Å²) in [5.74, 6) is 0. The fourth-order valence-corrected chi connectivity index (χ4v) is 3.13. The maximum absolute atomic E-state index is 12.4. The van der Waals surface area contributed by atoms with E-state index >= 15 is 0 Å². The number of allylic oxidation sites excluding steroid dienone is 2. The lowest BCUT2D eigenvalue weighted by Crippen LogP contribution is -2.42. The Kier molecular flexibility index (Phi) is 2.97. The van der Waals surface area contributed by atoms with Crippen LogP contribution in [0.15, 0.2) is 34.9 Å². The molecule has 0 aliphatic carbocycles.